The molecule has 0 unspecified atom stereocenters. The van der Waals surface area contributed by atoms with Crippen LogP contribution in [0.2, 0.25) is 0 Å². The molecule has 1 aliphatic heterocycles. The highest BCUT2D eigenvalue weighted by Crippen LogP contribution is 2.42. The predicted molar refractivity (Wildman–Crippen MR) is 155 cm³/mol. The fraction of sp³-hybridized carbons (Fsp3) is 0.438. The lowest BCUT2D eigenvalue weighted by Crippen LogP contribution is -2.55. The largest absolute Gasteiger partial charge is 0.497 e. The Morgan fingerprint density at radius 1 is 1.17 bits per heavy atom. The number of halogens is 2. The monoisotopic (exact) mass is 583 g/mol. The molecule has 1 heterocycles. The number of likely N-dealkylation sites (tertiary alicyclic amines) is 1. The van der Waals surface area contributed by atoms with Gasteiger partial charge in [-0.05, 0) is 66.6 Å². The van der Waals surface area contributed by atoms with E-state index in [0.717, 1.165) is 17.2 Å². The highest BCUT2D eigenvalue weighted by atomic mass is 19.1. The zero-order valence-electron chi connectivity index (χ0n) is 23.9. The Hall–Kier alpha value is -3.60. The van der Waals surface area contributed by atoms with Crippen molar-refractivity contribution in [2.75, 3.05) is 26.8 Å². The molecule has 2 amide bonds. The number of methoxy groups -OCH3 is 1. The molecule has 4 rings (SSSR count). The first-order valence-electron chi connectivity index (χ1n) is 14.2. The summed E-state index contributed by atoms with van der Waals surface area (Å²) in [6.45, 7) is 8.35. The molecule has 2 aliphatic rings. The quantitative estimate of drug-likeness (QED) is 0.275. The SMILES string of the molecule is C=CCO[C@@H]1C[C@H](NC[C@@H](O)[C@H](Cc2cc(F)cc(F)c2)NC(=O)[C@@H](CC=C)N2CCCC2=O)c2cc(OC)ccc21. The number of carbonyl (C=O) groups excluding carboxylic acids is 2. The van der Waals surface area contributed by atoms with Crippen LogP contribution in [-0.2, 0) is 20.7 Å². The molecule has 10 heteroatoms. The van der Waals surface area contributed by atoms with Gasteiger partial charge < -0.3 is 30.1 Å². The van der Waals surface area contributed by atoms with Gasteiger partial charge in [-0.1, -0.05) is 18.2 Å². The van der Waals surface area contributed by atoms with Crippen LogP contribution in [0.3, 0.4) is 0 Å². The first-order valence-corrected chi connectivity index (χ1v) is 14.2. The molecule has 1 saturated heterocycles. The number of benzene rings is 2. The number of aliphatic hydroxyl groups excluding tert-OH is 1. The third-order valence-corrected chi connectivity index (χ3v) is 7.80. The Labute approximate surface area is 245 Å². The van der Waals surface area contributed by atoms with Gasteiger partial charge in [-0.15, -0.1) is 13.2 Å². The van der Waals surface area contributed by atoms with E-state index in [1.807, 2.05) is 18.2 Å². The predicted octanol–water partition coefficient (Wildman–Crippen LogP) is 3.91. The fourth-order valence-electron chi connectivity index (χ4n) is 5.76. The third-order valence-electron chi connectivity index (χ3n) is 7.80. The van der Waals surface area contributed by atoms with Crippen LogP contribution in [0.25, 0.3) is 0 Å². The van der Waals surface area contributed by atoms with Gasteiger partial charge in [-0.3, -0.25) is 9.59 Å². The van der Waals surface area contributed by atoms with E-state index < -0.39 is 35.7 Å². The molecule has 0 radical (unpaired) electrons. The number of aliphatic hydroxyl groups is 1. The minimum atomic E-state index is -1.14. The van der Waals surface area contributed by atoms with E-state index in [1.54, 1.807) is 19.3 Å². The minimum absolute atomic E-state index is 0.0296. The number of carbonyl (C=O) groups is 2. The lowest BCUT2D eigenvalue weighted by Gasteiger charge is -2.31. The molecule has 3 N–H and O–H groups in total. The van der Waals surface area contributed by atoms with Crippen molar-refractivity contribution < 1.29 is 33.0 Å². The van der Waals surface area contributed by atoms with Crippen molar-refractivity contribution in [3.8, 4) is 5.75 Å². The van der Waals surface area contributed by atoms with Crippen molar-refractivity contribution in [1.29, 1.82) is 0 Å². The molecule has 0 aromatic heterocycles. The maximum absolute atomic E-state index is 14.0. The molecule has 5 atom stereocenters. The van der Waals surface area contributed by atoms with Crippen molar-refractivity contribution >= 4 is 11.8 Å². The maximum Gasteiger partial charge on any atom is 0.243 e. The van der Waals surface area contributed by atoms with Gasteiger partial charge in [0.1, 0.15) is 23.4 Å². The highest BCUT2D eigenvalue weighted by molar-refractivity contribution is 5.89. The van der Waals surface area contributed by atoms with Gasteiger partial charge >= 0.3 is 0 Å². The second-order valence-electron chi connectivity index (χ2n) is 10.7. The van der Waals surface area contributed by atoms with Gasteiger partial charge in [0.25, 0.3) is 0 Å². The van der Waals surface area contributed by atoms with Crippen LogP contribution in [0, 0.1) is 11.6 Å². The van der Waals surface area contributed by atoms with Gasteiger partial charge in [0, 0.05) is 31.6 Å². The number of nitrogens with one attached hydrogen (secondary N) is 2. The maximum atomic E-state index is 14.0. The van der Waals surface area contributed by atoms with E-state index in [-0.39, 0.29) is 43.0 Å². The molecule has 0 spiro atoms. The standard InChI is InChI=1S/C32H39F2N3O5/c1-4-7-28(37-11-6-8-31(37)39)32(40)36-27(15-20-13-21(33)16-22(34)14-20)29(38)19-35-26-18-30(42-12-5-2)24-10-9-23(41-3)17-25(24)26/h4-5,9-10,13-14,16-17,26-30,35,38H,1-2,6-8,11-12,15,18-19H2,3H3,(H,36,40)/t26-,27-,28+,29+,30+/m0/s1. The van der Waals surface area contributed by atoms with Crippen molar-refractivity contribution in [3.05, 3.63) is 90.0 Å². The molecule has 42 heavy (non-hydrogen) atoms. The number of hydrogen-bond acceptors (Lipinski definition) is 6. The summed E-state index contributed by atoms with van der Waals surface area (Å²) in [5.74, 6) is -1.39. The van der Waals surface area contributed by atoms with Crippen LogP contribution >= 0.6 is 0 Å². The number of fused-ring (bicyclic) bond motifs is 1. The van der Waals surface area contributed by atoms with Crippen LogP contribution in [0.5, 0.6) is 5.75 Å². The normalized spacial score (nSPS) is 20.1. The van der Waals surface area contributed by atoms with Gasteiger partial charge in [0.05, 0.1) is 32.0 Å². The van der Waals surface area contributed by atoms with Gasteiger partial charge in [-0.25, -0.2) is 8.78 Å². The van der Waals surface area contributed by atoms with Crippen molar-refractivity contribution in [2.24, 2.45) is 0 Å². The first kappa shape index (κ1) is 31.3. The molecule has 0 saturated carbocycles. The number of hydrogen-bond donors (Lipinski definition) is 3. The Balaban J connectivity index is 1.53. The number of rotatable bonds is 15. The minimum Gasteiger partial charge on any atom is -0.497 e. The van der Waals surface area contributed by atoms with Crippen LogP contribution in [-0.4, -0.2) is 66.8 Å². The number of ether oxygens (including phenoxy) is 2. The average molecular weight is 584 g/mol. The molecular weight excluding hydrogens is 544 g/mol. The topological polar surface area (TPSA) is 100 Å². The molecule has 2 aromatic carbocycles. The van der Waals surface area contributed by atoms with Crippen molar-refractivity contribution in [3.63, 3.8) is 0 Å². The Morgan fingerprint density at radius 2 is 1.93 bits per heavy atom. The molecule has 8 nitrogen and oxygen atoms in total. The van der Waals surface area contributed by atoms with Crippen molar-refractivity contribution in [2.45, 2.75) is 62.4 Å². The van der Waals surface area contributed by atoms with E-state index in [2.05, 4.69) is 23.8 Å². The molecule has 1 fully saturated rings. The summed E-state index contributed by atoms with van der Waals surface area (Å²) in [6, 6.07) is 7.00. The second kappa shape index (κ2) is 14.5. The summed E-state index contributed by atoms with van der Waals surface area (Å²) in [5, 5.41) is 17.6. The van der Waals surface area contributed by atoms with E-state index in [4.69, 9.17) is 9.47 Å². The first-order chi connectivity index (χ1) is 20.2. The van der Waals surface area contributed by atoms with Crippen LogP contribution in [0.4, 0.5) is 8.78 Å². The number of amides is 2. The van der Waals surface area contributed by atoms with Crippen LogP contribution in [0.1, 0.15) is 54.5 Å². The fourth-order valence-corrected chi connectivity index (χ4v) is 5.76. The molecule has 2 aromatic rings. The summed E-state index contributed by atoms with van der Waals surface area (Å²) in [4.78, 5) is 27.4. The van der Waals surface area contributed by atoms with E-state index in [9.17, 15) is 23.5 Å². The zero-order valence-corrected chi connectivity index (χ0v) is 23.9. The Bertz CT molecular complexity index is 1270. The zero-order chi connectivity index (χ0) is 30.2. The molecule has 1 aliphatic carbocycles. The molecule has 226 valence electrons. The summed E-state index contributed by atoms with van der Waals surface area (Å²) < 4.78 is 39.4. The van der Waals surface area contributed by atoms with E-state index >= 15 is 0 Å². The van der Waals surface area contributed by atoms with Crippen LogP contribution < -0.4 is 15.4 Å². The summed E-state index contributed by atoms with van der Waals surface area (Å²) >= 11 is 0. The summed E-state index contributed by atoms with van der Waals surface area (Å²) in [5.41, 5.74) is 2.26. The third kappa shape index (κ3) is 7.61. The summed E-state index contributed by atoms with van der Waals surface area (Å²) in [6.07, 6.45) is 3.77. The molecular formula is C32H39F2N3O5. The lowest BCUT2D eigenvalue weighted by atomic mass is 9.99. The second-order valence-corrected chi connectivity index (χ2v) is 10.7. The molecule has 0 bridgehead atoms. The van der Waals surface area contributed by atoms with Crippen molar-refractivity contribution in [1.82, 2.24) is 15.5 Å². The van der Waals surface area contributed by atoms with Crippen LogP contribution in [0.15, 0.2) is 61.7 Å². The smallest absolute Gasteiger partial charge is 0.243 e. The number of nitrogens with zero attached hydrogens (tertiary/aromatic N) is 1. The van der Waals surface area contributed by atoms with E-state index in [0.29, 0.717) is 38.2 Å². The Kier molecular flexibility index (Phi) is 10.8. The lowest BCUT2D eigenvalue weighted by molar-refractivity contribution is -0.138. The Morgan fingerprint density at radius 3 is 2.57 bits per heavy atom. The highest BCUT2D eigenvalue weighted by Gasteiger charge is 2.35. The van der Waals surface area contributed by atoms with Gasteiger partial charge in [-0.2, -0.15) is 0 Å². The van der Waals surface area contributed by atoms with Gasteiger partial charge in [0.2, 0.25) is 11.8 Å². The van der Waals surface area contributed by atoms with Gasteiger partial charge in [0.15, 0.2) is 0 Å². The average Bonchev–Trinajstić information content (AvgIpc) is 3.54. The summed E-state index contributed by atoms with van der Waals surface area (Å²) in [7, 11) is 1.59. The van der Waals surface area contributed by atoms with E-state index in [1.165, 1.54) is 17.0 Å².